The van der Waals surface area contributed by atoms with Gasteiger partial charge in [-0.25, -0.2) is 0 Å². The molecule has 2 saturated heterocycles. The highest BCUT2D eigenvalue weighted by atomic mass is 16.5. The first-order valence-electron chi connectivity index (χ1n) is 12.3. The minimum atomic E-state index is -1.90. The van der Waals surface area contributed by atoms with Crippen LogP contribution in [-0.4, -0.2) is 59.9 Å². The first-order valence-corrected chi connectivity index (χ1v) is 11.3. The number of hydrogen-bond acceptors (Lipinski definition) is 6. The summed E-state index contributed by atoms with van der Waals surface area (Å²) >= 11 is 0. The van der Waals surface area contributed by atoms with Gasteiger partial charge in [-0.05, 0) is 29.7 Å². The van der Waals surface area contributed by atoms with Crippen molar-refractivity contribution in [1.82, 2.24) is 15.1 Å². The lowest BCUT2D eigenvalue weighted by Crippen LogP contribution is -2.52. The Hall–Kier alpha value is -3.23. The molecular formula is C25H28N4O4. The summed E-state index contributed by atoms with van der Waals surface area (Å²) in [7, 11) is 0. The maximum Gasteiger partial charge on any atom is 0.255 e. The van der Waals surface area contributed by atoms with Gasteiger partial charge in [-0.15, -0.1) is 0 Å². The molecule has 3 amide bonds. The summed E-state index contributed by atoms with van der Waals surface area (Å²) in [5.41, 5.74) is 3.03. The van der Waals surface area contributed by atoms with Crippen molar-refractivity contribution in [1.29, 1.82) is 0 Å². The predicted octanol–water partition coefficient (Wildman–Crippen LogP) is 1.89. The van der Waals surface area contributed by atoms with E-state index >= 15 is 0 Å². The maximum atomic E-state index is 13.1. The van der Waals surface area contributed by atoms with E-state index in [0.717, 1.165) is 18.7 Å². The molecule has 0 saturated carbocycles. The van der Waals surface area contributed by atoms with E-state index in [1.54, 1.807) is 24.3 Å². The number of morpholine rings is 1. The third-order valence-electron chi connectivity index (χ3n) is 6.43. The molecule has 0 spiro atoms. The highest BCUT2D eigenvalue weighted by Gasteiger charge is 2.39. The molecular weight excluding hydrogens is 420 g/mol. The molecule has 0 aliphatic carbocycles. The van der Waals surface area contributed by atoms with Crippen LogP contribution in [0.25, 0.3) is 0 Å². The number of ether oxygens (including phenoxy) is 1. The molecule has 33 heavy (non-hydrogen) atoms. The SMILES string of the molecule is [2H]C([2H])(Nc1cccc2c1CN(C1CCC(=O)NC1=O)C2=O)c1ccccc1CN1CCOCC1. The molecule has 8 heteroatoms. The van der Waals surface area contributed by atoms with Gasteiger partial charge in [-0.2, -0.15) is 0 Å². The van der Waals surface area contributed by atoms with Crippen molar-refractivity contribution >= 4 is 23.4 Å². The molecule has 5 rings (SSSR count). The van der Waals surface area contributed by atoms with E-state index in [-0.39, 0.29) is 31.2 Å². The second-order valence-corrected chi connectivity index (χ2v) is 8.53. The highest BCUT2D eigenvalue weighted by molar-refractivity contribution is 6.06. The average molecular weight is 451 g/mol. The van der Waals surface area contributed by atoms with E-state index in [1.807, 2.05) is 18.2 Å². The number of amides is 3. The molecule has 0 bridgehead atoms. The van der Waals surface area contributed by atoms with Crippen molar-refractivity contribution in [3.05, 3.63) is 64.7 Å². The predicted molar refractivity (Wildman–Crippen MR) is 122 cm³/mol. The Kier molecular flexibility index (Phi) is 5.44. The van der Waals surface area contributed by atoms with Crippen LogP contribution in [0.1, 0.15) is 42.6 Å². The van der Waals surface area contributed by atoms with E-state index < -0.39 is 18.4 Å². The first-order chi connectivity index (χ1) is 16.8. The molecule has 2 N–H and O–H groups in total. The topological polar surface area (TPSA) is 91.0 Å². The fourth-order valence-corrected chi connectivity index (χ4v) is 4.62. The van der Waals surface area contributed by atoms with Gasteiger partial charge in [0.05, 0.1) is 16.0 Å². The van der Waals surface area contributed by atoms with Gasteiger partial charge in [-0.3, -0.25) is 24.6 Å². The minimum Gasteiger partial charge on any atom is -0.381 e. The van der Waals surface area contributed by atoms with Gasteiger partial charge >= 0.3 is 0 Å². The number of anilines is 1. The number of piperidine rings is 1. The maximum absolute atomic E-state index is 13.1. The van der Waals surface area contributed by atoms with Gasteiger partial charge in [0, 0.05) is 55.9 Å². The van der Waals surface area contributed by atoms with Crippen LogP contribution in [0.2, 0.25) is 0 Å². The Bertz CT molecular complexity index is 1170. The van der Waals surface area contributed by atoms with Crippen molar-refractivity contribution < 1.29 is 21.9 Å². The number of nitrogens with zero attached hydrogens (tertiary/aromatic N) is 2. The largest absolute Gasteiger partial charge is 0.381 e. The summed E-state index contributed by atoms with van der Waals surface area (Å²) in [5, 5.41) is 5.34. The highest BCUT2D eigenvalue weighted by Crippen LogP contribution is 2.32. The van der Waals surface area contributed by atoms with E-state index in [0.29, 0.717) is 42.1 Å². The van der Waals surface area contributed by atoms with E-state index in [1.165, 1.54) is 4.90 Å². The van der Waals surface area contributed by atoms with Crippen LogP contribution in [0.4, 0.5) is 5.69 Å². The molecule has 2 fully saturated rings. The van der Waals surface area contributed by atoms with Crippen molar-refractivity contribution in [3.63, 3.8) is 0 Å². The van der Waals surface area contributed by atoms with Crippen LogP contribution < -0.4 is 10.6 Å². The van der Waals surface area contributed by atoms with Crippen molar-refractivity contribution in [2.45, 2.75) is 38.5 Å². The van der Waals surface area contributed by atoms with Crippen LogP contribution >= 0.6 is 0 Å². The molecule has 1 unspecified atom stereocenters. The number of nitrogens with one attached hydrogen (secondary N) is 2. The fraction of sp³-hybridized carbons (Fsp3) is 0.400. The lowest BCUT2D eigenvalue weighted by atomic mass is 10.0. The summed E-state index contributed by atoms with van der Waals surface area (Å²) < 4.78 is 23.2. The second-order valence-electron chi connectivity index (χ2n) is 8.53. The summed E-state index contributed by atoms with van der Waals surface area (Å²) in [6.07, 6.45) is 0.465. The summed E-state index contributed by atoms with van der Waals surface area (Å²) in [5.74, 6) is -1.09. The van der Waals surface area contributed by atoms with Gasteiger partial charge in [0.15, 0.2) is 0 Å². The number of hydrogen-bond donors (Lipinski definition) is 2. The average Bonchev–Trinajstić information content (AvgIpc) is 3.17. The zero-order valence-corrected chi connectivity index (χ0v) is 18.3. The zero-order chi connectivity index (χ0) is 24.6. The van der Waals surface area contributed by atoms with Crippen molar-refractivity contribution in [3.8, 4) is 0 Å². The van der Waals surface area contributed by atoms with Crippen LogP contribution in [0, 0.1) is 0 Å². The zero-order valence-electron chi connectivity index (χ0n) is 20.3. The first kappa shape index (κ1) is 19.3. The lowest BCUT2D eigenvalue weighted by Gasteiger charge is -2.29. The minimum absolute atomic E-state index is 0.176. The fourth-order valence-electron chi connectivity index (χ4n) is 4.62. The third-order valence-corrected chi connectivity index (χ3v) is 6.43. The Balaban J connectivity index is 1.39. The molecule has 2 aromatic rings. The Morgan fingerprint density at radius 1 is 1.06 bits per heavy atom. The van der Waals surface area contributed by atoms with Crippen molar-refractivity contribution in [2.75, 3.05) is 31.6 Å². The molecule has 3 aliphatic heterocycles. The molecule has 0 radical (unpaired) electrons. The van der Waals surface area contributed by atoms with Crippen LogP contribution in [0.5, 0.6) is 0 Å². The van der Waals surface area contributed by atoms with Gasteiger partial charge < -0.3 is 15.0 Å². The Labute approximate surface area is 195 Å². The molecule has 1 atom stereocenters. The number of fused-ring (bicyclic) bond motifs is 1. The number of benzene rings is 2. The quantitative estimate of drug-likeness (QED) is 0.654. The number of carbonyl (C=O) groups is 3. The monoisotopic (exact) mass is 450 g/mol. The number of rotatable bonds is 6. The van der Waals surface area contributed by atoms with Gasteiger partial charge in [-0.1, -0.05) is 30.3 Å². The Morgan fingerprint density at radius 3 is 2.64 bits per heavy atom. The van der Waals surface area contributed by atoms with E-state index in [2.05, 4.69) is 15.5 Å². The normalized spacial score (nSPS) is 22.5. The smallest absolute Gasteiger partial charge is 0.255 e. The number of imide groups is 1. The molecule has 3 heterocycles. The lowest BCUT2D eigenvalue weighted by molar-refractivity contribution is -0.136. The second kappa shape index (κ2) is 9.33. The summed E-state index contributed by atoms with van der Waals surface area (Å²) in [4.78, 5) is 40.7. The molecule has 172 valence electrons. The molecule has 3 aliphatic rings. The van der Waals surface area contributed by atoms with Gasteiger partial charge in [0.25, 0.3) is 5.91 Å². The van der Waals surface area contributed by atoms with E-state index in [9.17, 15) is 14.4 Å². The molecule has 0 aromatic heterocycles. The van der Waals surface area contributed by atoms with Crippen LogP contribution in [0.3, 0.4) is 0 Å². The van der Waals surface area contributed by atoms with Gasteiger partial charge in [0.1, 0.15) is 6.04 Å². The standard InChI is InChI=1S/C25H28N4O4/c30-23-9-8-22(24(31)27-23)29-16-20-19(25(29)32)6-3-7-21(20)26-14-17-4-1-2-5-18(17)15-28-10-12-33-13-11-28/h1-7,22,26H,8-16H2,(H,27,30,31)/i14D2. The summed E-state index contributed by atoms with van der Waals surface area (Å²) in [6, 6.07) is 11.9. The third kappa shape index (κ3) is 4.49. The van der Waals surface area contributed by atoms with Gasteiger partial charge in [0.2, 0.25) is 11.8 Å². The molecule has 8 nitrogen and oxygen atoms in total. The van der Waals surface area contributed by atoms with Crippen LogP contribution in [-0.2, 0) is 33.9 Å². The van der Waals surface area contributed by atoms with Crippen molar-refractivity contribution in [2.24, 2.45) is 0 Å². The summed E-state index contributed by atoms with van der Waals surface area (Å²) in [6.45, 7) is 1.83. The van der Waals surface area contributed by atoms with E-state index in [4.69, 9.17) is 7.48 Å². The van der Waals surface area contributed by atoms with Crippen LogP contribution in [0.15, 0.2) is 42.5 Å². The number of carbonyl (C=O) groups excluding carboxylic acids is 3. The Morgan fingerprint density at radius 2 is 1.85 bits per heavy atom. The molecule has 2 aromatic carbocycles.